The molecule has 1 aliphatic heterocycles. The van der Waals surface area contributed by atoms with Gasteiger partial charge in [-0.2, -0.15) is 0 Å². The molecule has 3 rings (SSSR count). The van der Waals surface area contributed by atoms with Gasteiger partial charge in [-0.1, -0.05) is 32.0 Å². The zero-order valence-electron chi connectivity index (χ0n) is 13.4. The molecule has 1 saturated heterocycles. The van der Waals surface area contributed by atoms with Gasteiger partial charge in [0, 0.05) is 36.8 Å². The molecule has 0 radical (unpaired) electrons. The summed E-state index contributed by atoms with van der Waals surface area (Å²) in [7, 11) is 0. The van der Waals surface area contributed by atoms with Crippen LogP contribution in [0.1, 0.15) is 39.2 Å². The molecule has 0 aromatic heterocycles. The highest BCUT2D eigenvalue weighted by Gasteiger charge is 2.46. The second kappa shape index (κ2) is 5.69. The molecule has 1 aliphatic carbocycles. The van der Waals surface area contributed by atoms with Crippen molar-refractivity contribution in [3.8, 4) is 0 Å². The highest BCUT2D eigenvalue weighted by molar-refractivity contribution is 5.18. The molecule has 1 heterocycles. The molecular weight excluding hydrogens is 263 g/mol. The van der Waals surface area contributed by atoms with E-state index in [2.05, 4.69) is 31.0 Å². The molecule has 1 N–H and O–H groups in total. The molecule has 0 amide bonds. The van der Waals surface area contributed by atoms with E-state index in [1.165, 1.54) is 12.8 Å². The minimum Gasteiger partial charge on any atom is -0.308 e. The first-order chi connectivity index (χ1) is 9.99. The van der Waals surface area contributed by atoms with E-state index < -0.39 is 0 Å². The zero-order valence-corrected chi connectivity index (χ0v) is 13.4. The summed E-state index contributed by atoms with van der Waals surface area (Å²) in [6.07, 6.45) is 2.67. The maximum absolute atomic E-state index is 14.0. The molecule has 1 aromatic rings. The predicted octanol–water partition coefficient (Wildman–Crippen LogP) is 3.42. The van der Waals surface area contributed by atoms with Gasteiger partial charge in [-0.3, -0.25) is 4.90 Å². The first kappa shape index (κ1) is 15.0. The molecule has 3 heteroatoms. The molecule has 2 fully saturated rings. The fraction of sp³-hybridized carbons (Fsp3) is 0.667. The maximum atomic E-state index is 14.0. The second-order valence-corrected chi connectivity index (χ2v) is 7.38. The molecule has 21 heavy (non-hydrogen) atoms. The molecule has 0 bridgehead atoms. The quantitative estimate of drug-likeness (QED) is 0.914. The summed E-state index contributed by atoms with van der Waals surface area (Å²) in [6.45, 7) is 9.63. The van der Waals surface area contributed by atoms with E-state index >= 15 is 0 Å². The minimum absolute atomic E-state index is 0.0772. The molecule has 1 saturated carbocycles. The molecule has 2 atom stereocenters. The van der Waals surface area contributed by atoms with Crippen molar-refractivity contribution < 1.29 is 4.39 Å². The number of rotatable bonds is 4. The van der Waals surface area contributed by atoms with Crippen LogP contribution in [0.3, 0.4) is 0 Å². The van der Waals surface area contributed by atoms with Crippen LogP contribution < -0.4 is 5.32 Å². The molecule has 2 aliphatic rings. The van der Waals surface area contributed by atoms with Crippen molar-refractivity contribution in [2.24, 2.45) is 11.8 Å². The molecule has 2 nitrogen and oxygen atoms in total. The first-order valence-electron chi connectivity index (χ1n) is 8.22. The fourth-order valence-corrected chi connectivity index (χ4v) is 3.73. The summed E-state index contributed by atoms with van der Waals surface area (Å²) in [5.74, 6) is 1.30. The van der Waals surface area contributed by atoms with Gasteiger partial charge in [-0.25, -0.2) is 4.39 Å². The van der Waals surface area contributed by atoms with Gasteiger partial charge in [-0.15, -0.1) is 0 Å². The largest absolute Gasteiger partial charge is 0.308 e. The van der Waals surface area contributed by atoms with Crippen LogP contribution in [0.25, 0.3) is 0 Å². The number of hydrogen-bond donors (Lipinski definition) is 1. The third-order valence-electron chi connectivity index (χ3n) is 5.29. The molecule has 116 valence electrons. The lowest BCUT2D eigenvalue weighted by atomic mass is 9.88. The number of hydrogen-bond acceptors (Lipinski definition) is 2. The van der Waals surface area contributed by atoms with E-state index in [-0.39, 0.29) is 11.4 Å². The SMILES string of the molecule is CC(C)C1CNC(C)(C2CC2)CN1Cc1ccccc1F. The maximum Gasteiger partial charge on any atom is 0.127 e. The summed E-state index contributed by atoms with van der Waals surface area (Å²) in [5.41, 5.74) is 1.03. The standard InChI is InChI=1S/C18H27FN2/c1-13(2)17-10-20-18(3,15-8-9-15)12-21(17)11-14-6-4-5-7-16(14)19/h4-7,13,15,17,20H,8-12H2,1-3H3. The normalized spacial score (nSPS) is 30.8. The van der Waals surface area contributed by atoms with Gasteiger partial charge in [-0.05, 0) is 37.7 Å². The van der Waals surface area contributed by atoms with Crippen molar-refractivity contribution in [3.05, 3.63) is 35.6 Å². The Balaban J connectivity index is 1.79. The van der Waals surface area contributed by atoms with Gasteiger partial charge in [0.1, 0.15) is 5.82 Å². The van der Waals surface area contributed by atoms with Crippen molar-refractivity contribution in [1.82, 2.24) is 10.2 Å². The summed E-state index contributed by atoms with van der Waals surface area (Å²) in [5, 5.41) is 3.78. The van der Waals surface area contributed by atoms with E-state index in [1.54, 1.807) is 12.1 Å². The second-order valence-electron chi connectivity index (χ2n) is 7.38. The Bertz CT molecular complexity index is 498. The summed E-state index contributed by atoms with van der Waals surface area (Å²) < 4.78 is 14.0. The molecule has 2 unspecified atom stereocenters. The predicted molar refractivity (Wildman–Crippen MR) is 84.6 cm³/mol. The summed E-state index contributed by atoms with van der Waals surface area (Å²) >= 11 is 0. The number of piperazine rings is 1. The van der Waals surface area contributed by atoms with Crippen LogP contribution in [0.2, 0.25) is 0 Å². The molecular formula is C18H27FN2. The van der Waals surface area contributed by atoms with Gasteiger partial charge in [0.25, 0.3) is 0 Å². The monoisotopic (exact) mass is 290 g/mol. The van der Waals surface area contributed by atoms with Crippen molar-refractivity contribution in [3.63, 3.8) is 0 Å². The number of nitrogens with one attached hydrogen (secondary N) is 1. The third-order valence-corrected chi connectivity index (χ3v) is 5.29. The van der Waals surface area contributed by atoms with E-state index in [0.29, 0.717) is 12.0 Å². The summed E-state index contributed by atoms with van der Waals surface area (Å²) in [6, 6.07) is 7.68. The van der Waals surface area contributed by atoms with Crippen molar-refractivity contribution >= 4 is 0 Å². The van der Waals surface area contributed by atoms with Gasteiger partial charge in [0.2, 0.25) is 0 Å². The Morgan fingerprint density at radius 2 is 2.05 bits per heavy atom. The Kier molecular flexibility index (Phi) is 4.06. The lowest BCUT2D eigenvalue weighted by Gasteiger charge is -2.48. The van der Waals surface area contributed by atoms with Crippen LogP contribution in [0.5, 0.6) is 0 Å². The number of benzene rings is 1. The average molecular weight is 290 g/mol. The highest BCUT2D eigenvalue weighted by Crippen LogP contribution is 2.42. The Hall–Kier alpha value is -0.930. The Morgan fingerprint density at radius 3 is 2.67 bits per heavy atom. The average Bonchev–Trinajstić information content (AvgIpc) is 3.26. The van der Waals surface area contributed by atoms with E-state index in [1.807, 2.05) is 12.1 Å². The van der Waals surface area contributed by atoms with Crippen LogP contribution in [-0.2, 0) is 6.54 Å². The lowest BCUT2D eigenvalue weighted by Crippen LogP contribution is -2.64. The topological polar surface area (TPSA) is 15.3 Å². The number of nitrogens with zero attached hydrogens (tertiary/aromatic N) is 1. The minimum atomic E-state index is -0.0772. The molecule has 0 spiro atoms. The first-order valence-corrected chi connectivity index (χ1v) is 8.22. The van der Waals surface area contributed by atoms with Crippen molar-refractivity contribution in [1.29, 1.82) is 0 Å². The highest BCUT2D eigenvalue weighted by atomic mass is 19.1. The van der Waals surface area contributed by atoms with Gasteiger partial charge < -0.3 is 5.32 Å². The smallest absolute Gasteiger partial charge is 0.127 e. The van der Waals surface area contributed by atoms with Crippen LogP contribution in [-0.4, -0.2) is 29.6 Å². The summed E-state index contributed by atoms with van der Waals surface area (Å²) in [4.78, 5) is 2.50. The van der Waals surface area contributed by atoms with Gasteiger partial charge in [0.15, 0.2) is 0 Å². The van der Waals surface area contributed by atoms with Crippen LogP contribution in [0, 0.1) is 17.7 Å². The van der Waals surface area contributed by atoms with Crippen molar-refractivity contribution in [2.45, 2.75) is 51.7 Å². The third kappa shape index (κ3) is 3.14. The van der Waals surface area contributed by atoms with Gasteiger partial charge in [0.05, 0.1) is 0 Å². The Morgan fingerprint density at radius 1 is 1.33 bits per heavy atom. The van der Waals surface area contributed by atoms with E-state index in [0.717, 1.165) is 31.1 Å². The molecule has 1 aromatic carbocycles. The fourth-order valence-electron chi connectivity index (χ4n) is 3.73. The van der Waals surface area contributed by atoms with Crippen LogP contribution in [0.15, 0.2) is 24.3 Å². The van der Waals surface area contributed by atoms with Crippen LogP contribution in [0.4, 0.5) is 4.39 Å². The van der Waals surface area contributed by atoms with Crippen LogP contribution >= 0.6 is 0 Å². The van der Waals surface area contributed by atoms with E-state index in [9.17, 15) is 4.39 Å². The van der Waals surface area contributed by atoms with Crippen molar-refractivity contribution in [2.75, 3.05) is 13.1 Å². The van der Waals surface area contributed by atoms with Gasteiger partial charge >= 0.3 is 0 Å². The lowest BCUT2D eigenvalue weighted by molar-refractivity contribution is 0.0454. The number of halogens is 1. The Labute approximate surface area is 127 Å². The van der Waals surface area contributed by atoms with E-state index in [4.69, 9.17) is 0 Å². The zero-order chi connectivity index (χ0) is 15.0.